The zero-order chi connectivity index (χ0) is 18.0. The van der Waals surface area contributed by atoms with Gasteiger partial charge < -0.3 is 20.1 Å². The van der Waals surface area contributed by atoms with Crippen LogP contribution in [-0.4, -0.2) is 53.5 Å². The molecule has 2 heterocycles. The number of nitrogens with one attached hydrogen (secondary N) is 1. The van der Waals surface area contributed by atoms with Crippen molar-refractivity contribution in [2.45, 2.75) is 31.2 Å². The van der Waals surface area contributed by atoms with E-state index in [1.54, 1.807) is 12.0 Å². The van der Waals surface area contributed by atoms with E-state index in [0.717, 1.165) is 5.56 Å². The second-order valence-corrected chi connectivity index (χ2v) is 6.67. The Kier molecular flexibility index (Phi) is 4.65. The zero-order valence-electron chi connectivity index (χ0n) is 14.2. The van der Waals surface area contributed by atoms with E-state index in [1.807, 2.05) is 24.3 Å². The van der Waals surface area contributed by atoms with E-state index in [4.69, 9.17) is 4.74 Å². The third-order valence-electron chi connectivity index (χ3n) is 5.29. The van der Waals surface area contributed by atoms with Crippen LogP contribution in [-0.2, 0) is 20.8 Å². The first-order valence-corrected chi connectivity index (χ1v) is 8.39. The van der Waals surface area contributed by atoms with E-state index >= 15 is 0 Å². The highest BCUT2D eigenvalue weighted by molar-refractivity contribution is 5.88. The average Bonchev–Trinajstić information content (AvgIpc) is 2.92. The molecule has 2 N–H and O–H groups in total. The minimum atomic E-state index is -0.952. The molecule has 0 aromatic heterocycles. The molecule has 1 unspecified atom stereocenters. The third-order valence-corrected chi connectivity index (χ3v) is 5.29. The summed E-state index contributed by atoms with van der Waals surface area (Å²) in [4.78, 5) is 37.5. The van der Waals surface area contributed by atoms with Gasteiger partial charge in [-0.05, 0) is 18.9 Å². The van der Waals surface area contributed by atoms with Crippen molar-refractivity contribution in [2.75, 3.05) is 20.2 Å². The number of amides is 2. The summed E-state index contributed by atoms with van der Waals surface area (Å²) in [6.07, 6.45) is 1.19. The lowest BCUT2D eigenvalue weighted by atomic mass is 9.77. The van der Waals surface area contributed by atoms with E-state index < -0.39 is 17.4 Å². The van der Waals surface area contributed by atoms with Crippen LogP contribution in [0.4, 0.5) is 0 Å². The topological polar surface area (TPSA) is 95.9 Å². The molecule has 0 aliphatic carbocycles. The van der Waals surface area contributed by atoms with Gasteiger partial charge in [0.05, 0.1) is 25.0 Å². The van der Waals surface area contributed by atoms with Gasteiger partial charge in [0.2, 0.25) is 11.8 Å². The van der Waals surface area contributed by atoms with Crippen LogP contribution in [0.15, 0.2) is 24.3 Å². The van der Waals surface area contributed by atoms with E-state index in [1.165, 1.54) is 0 Å². The van der Waals surface area contributed by atoms with Crippen molar-refractivity contribution >= 4 is 17.8 Å². The molecule has 1 atom stereocenters. The molecular formula is C18H22N2O5. The van der Waals surface area contributed by atoms with Crippen molar-refractivity contribution in [3.05, 3.63) is 29.8 Å². The second kappa shape index (κ2) is 6.74. The van der Waals surface area contributed by atoms with Gasteiger partial charge in [-0.2, -0.15) is 0 Å². The van der Waals surface area contributed by atoms with Gasteiger partial charge in [0, 0.05) is 25.1 Å². The minimum absolute atomic E-state index is 0.0180. The van der Waals surface area contributed by atoms with Gasteiger partial charge >= 0.3 is 5.97 Å². The number of ether oxygens (including phenoxy) is 1. The molecule has 1 spiro atoms. The van der Waals surface area contributed by atoms with Crippen molar-refractivity contribution < 1.29 is 24.2 Å². The monoisotopic (exact) mass is 346 g/mol. The number of piperidine rings is 1. The van der Waals surface area contributed by atoms with Crippen LogP contribution in [0.3, 0.4) is 0 Å². The molecule has 2 aliphatic heterocycles. The Morgan fingerprint density at radius 3 is 2.64 bits per heavy atom. The van der Waals surface area contributed by atoms with Gasteiger partial charge in [-0.25, -0.2) is 0 Å². The molecule has 1 aromatic carbocycles. The van der Waals surface area contributed by atoms with E-state index in [0.29, 0.717) is 31.7 Å². The highest BCUT2D eigenvalue weighted by atomic mass is 16.5. The lowest BCUT2D eigenvalue weighted by molar-refractivity contribution is -0.145. The summed E-state index contributed by atoms with van der Waals surface area (Å²) in [6, 6.07) is 7.40. The van der Waals surface area contributed by atoms with E-state index in [2.05, 4.69) is 5.32 Å². The summed E-state index contributed by atoms with van der Waals surface area (Å²) >= 11 is 0. The van der Waals surface area contributed by atoms with Gasteiger partial charge in [-0.3, -0.25) is 14.4 Å². The van der Waals surface area contributed by atoms with Crippen LogP contribution >= 0.6 is 0 Å². The summed E-state index contributed by atoms with van der Waals surface area (Å²) in [6.45, 7) is 0.885. The fourth-order valence-electron chi connectivity index (χ4n) is 3.87. The molecule has 1 aromatic rings. The number of rotatable bonds is 4. The molecular weight excluding hydrogens is 324 g/mol. The van der Waals surface area contributed by atoms with Crippen LogP contribution in [0, 0.1) is 5.92 Å². The first-order chi connectivity index (χ1) is 11.9. The van der Waals surface area contributed by atoms with Crippen molar-refractivity contribution in [1.82, 2.24) is 10.2 Å². The predicted molar refractivity (Wildman–Crippen MR) is 89.1 cm³/mol. The summed E-state index contributed by atoms with van der Waals surface area (Å²) in [5.41, 5.74) is 0.109. The lowest BCUT2D eigenvalue weighted by Crippen LogP contribution is -2.56. The van der Waals surface area contributed by atoms with E-state index in [9.17, 15) is 19.5 Å². The number of carboxylic acids is 1. The normalized spacial score (nSPS) is 21.9. The maximum atomic E-state index is 12.6. The molecule has 2 amide bonds. The van der Waals surface area contributed by atoms with Crippen LogP contribution < -0.4 is 10.1 Å². The number of nitrogens with zero attached hydrogens (tertiary/aromatic N) is 1. The van der Waals surface area contributed by atoms with Gasteiger partial charge in [0.25, 0.3) is 0 Å². The fraction of sp³-hybridized carbons (Fsp3) is 0.500. The summed E-state index contributed by atoms with van der Waals surface area (Å²) < 4.78 is 5.28. The van der Waals surface area contributed by atoms with Crippen molar-refractivity contribution in [2.24, 2.45) is 5.92 Å². The number of hydrogen-bond donors (Lipinski definition) is 2. The Labute approximate surface area is 146 Å². The molecule has 2 fully saturated rings. The molecule has 0 saturated carbocycles. The number of hydrogen-bond acceptors (Lipinski definition) is 4. The number of methoxy groups -OCH3 is 1. The smallest absolute Gasteiger partial charge is 0.309 e. The van der Waals surface area contributed by atoms with Gasteiger partial charge in [0.1, 0.15) is 5.75 Å². The molecule has 0 bridgehead atoms. The predicted octanol–water partition coefficient (Wildman–Crippen LogP) is 0.820. The van der Waals surface area contributed by atoms with Gasteiger partial charge in [-0.1, -0.05) is 18.2 Å². The quantitative estimate of drug-likeness (QED) is 0.841. The molecule has 2 saturated heterocycles. The third kappa shape index (κ3) is 3.31. The standard InChI is InChI=1S/C18H22N2O5/c1-25-14-5-3-2-4-12(14)10-16(22)20-8-6-18(7-9-20)13(17(23)24)11-15(21)19-18/h2-5,13H,6-11H2,1H3,(H,19,21)(H,23,24). The molecule has 0 radical (unpaired) electrons. The Morgan fingerprint density at radius 2 is 2.00 bits per heavy atom. The summed E-state index contributed by atoms with van der Waals surface area (Å²) in [5, 5.41) is 12.2. The van der Waals surface area contributed by atoms with E-state index in [-0.39, 0.29) is 24.7 Å². The van der Waals surface area contributed by atoms with Crippen LogP contribution in [0.1, 0.15) is 24.8 Å². The highest BCUT2D eigenvalue weighted by Gasteiger charge is 2.51. The van der Waals surface area contributed by atoms with Crippen LogP contribution in [0.5, 0.6) is 5.75 Å². The maximum absolute atomic E-state index is 12.6. The van der Waals surface area contributed by atoms with Gasteiger partial charge in [0.15, 0.2) is 0 Å². The van der Waals surface area contributed by atoms with Crippen molar-refractivity contribution in [1.29, 1.82) is 0 Å². The summed E-state index contributed by atoms with van der Waals surface area (Å²) in [5.74, 6) is -1.23. The minimum Gasteiger partial charge on any atom is -0.496 e. The maximum Gasteiger partial charge on any atom is 0.309 e. The average molecular weight is 346 g/mol. The molecule has 7 heteroatoms. The number of aliphatic carboxylic acids is 1. The first kappa shape index (κ1) is 17.3. The zero-order valence-corrected chi connectivity index (χ0v) is 14.2. The Hall–Kier alpha value is -2.57. The van der Waals surface area contributed by atoms with Crippen molar-refractivity contribution in [3.8, 4) is 5.75 Å². The number of benzene rings is 1. The molecule has 2 aliphatic rings. The summed E-state index contributed by atoms with van der Waals surface area (Å²) in [7, 11) is 1.57. The largest absolute Gasteiger partial charge is 0.496 e. The Bertz CT molecular complexity index is 694. The van der Waals surface area contributed by atoms with Crippen LogP contribution in [0.25, 0.3) is 0 Å². The Balaban J connectivity index is 1.65. The van der Waals surface area contributed by atoms with Crippen molar-refractivity contribution in [3.63, 3.8) is 0 Å². The second-order valence-electron chi connectivity index (χ2n) is 6.67. The van der Waals surface area contributed by atoms with Crippen LogP contribution in [0.2, 0.25) is 0 Å². The lowest BCUT2D eigenvalue weighted by Gasteiger charge is -2.41. The number of para-hydroxylation sites is 1. The number of carbonyl (C=O) groups is 3. The van der Waals surface area contributed by atoms with Gasteiger partial charge in [-0.15, -0.1) is 0 Å². The number of likely N-dealkylation sites (tertiary alicyclic amines) is 1. The SMILES string of the molecule is COc1ccccc1CC(=O)N1CCC2(CC1)NC(=O)CC2C(=O)O. The molecule has 134 valence electrons. The number of carboxylic acid groups (broad SMARTS) is 1. The highest BCUT2D eigenvalue weighted by Crippen LogP contribution is 2.37. The molecule has 7 nitrogen and oxygen atoms in total. The number of carbonyl (C=O) groups excluding carboxylic acids is 2. The molecule has 3 rings (SSSR count). The first-order valence-electron chi connectivity index (χ1n) is 8.39. The molecule has 25 heavy (non-hydrogen) atoms. The fourth-order valence-corrected chi connectivity index (χ4v) is 3.87. The Morgan fingerprint density at radius 1 is 1.32 bits per heavy atom.